The highest BCUT2D eigenvalue weighted by atomic mass is 19.3. The van der Waals surface area contributed by atoms with E-state index in [1.807, 2.05) is 30.3 Å². The first kappa shape index (κ1) is 11.7. The second-order valence-electron chi connectivity index (χ2n) is 4.16. The summed E-state index contributed by atoms with van der Waals surface area (Å²) >= 11 is 0. The van der Waals surface area contributed by atoms with Gasteiger partial charge in [0.25, 0.3) is 0 Å². The lowest BCUT2D eigenvalue weighted by molar-refractivity contribution is 0.0226. The molecule has 2 rings (SSSR count). The van der Waals surface area contributed by atoms with Crippen molar-refractivity contribution in [1.29, 1.82) is 0 Å². The summed E-state index contributed by atoms with van der Waals surface area (Å²) in [6, 6.07) is 12.9. The van der Waals surface area contributed by atoms with Crippen LogP contribution in [-0.4, -0.2) is 10.9 Å². The largest absolute Gasteiger partial charge is 0.256 e. The first-order valence-corrected chi connectivity index (χ1v) is 5.43. The molecule has 1 aromatic heterocycles. The van der Waals surface area contributed by atoms with Crippen LogP contribution in [0, 0.1) is 0 Å². The van der Waals surface area contributed by atoms with Crippen molar-refractivity contribution in [2.75, 3.05) is 0 Å². The van der Waals surface area contributed by atoms with Gasteiger partial charge in [-0.2, -0.15) is 0 Å². The number of rotatable bonds is 3. The summed E-state index contributed by atoms with van der Waals surface area (Å²) in [5.74, 6) is -2.69. The molecule has 0 amide bonds. The van der Waals surface area contributed by atoms with Gasteiger partial charge in [-0.15, -0.1) is 0 Å². The van der Waals surface area contributed by atoms with Gasteiger partial charge in [0.15, 0.2) is 0 Å². The molecule has 0 fully saturated rings. The van der Waals surface area contributed by atoms with Crippen LogP contribution in [0.3, 0.4) is 0 Å². The summed E-state index contributed by atoms with van der Waals surface area (Å²) < 4.78 is 25.8. The summed E-state index contributed by atoms with van der Waals surface area (Å²) in [6.45, 7) is 0.926. The van der Waals surface area contributed by atoms with E-state index < -0.39 is 5.92 Å². The first-order chi connectivity index (χ1) is 8.04. The van der Waals surface area contributed by atoms with Crippen molar-refractivity contribution in [1.82, 2.24) is 4.98 Å². The van der Waals surface area contributed by atoms with E-state index in [-0.39, 0.29) is 6.42 Å². The van der Waals surface area contributed by atoms with Crippen molar-refractivity contribution in [3.05, 3.63) is 54.2 Å². The number of halogens is 2. The topological polar surface area (TPSA) is 12.9 Å². The van der Waals surface area contributed by atoms with Crippen LogP contribution in [0.2, 0.25) is 0 Å². The van der Waals surface area contributed by atoms with Gasteiger partial charge in [-0.1, -0.05) is 30.3 Å². The normalized spacial score (nSPS) is 11.5. The lowest BCUT2D eigenvalue weighted by Gasteiger charge is -2.10. The maximum atomic E-state index is 12.9. The van der Waals surface area contributed by atoms with E-state index in [4.69, 9.17) is 0 Å². The Labute approximate surface area is 99.1 Å². The molecule has 0 N–H and O–H groups in total. The molecule has 0 bridgehead atoms. The van der Waals surface area contributed by atoms with Crippen molar-refractivity contribution < 1.29 is 8.78 Å². The fraction of sp³-hybridized carbons (Fsp3) is 0.214. The summed E-state index contributed by atoms with van der Waals surface area (Å²) in [7, 11) is 0. The Hall–Kier alpha value is -1.77. The van der Waals surface area contributed by atoms with Crippen molar-refractivity contribution in [3.63, 3.8) is 0 Å². The minimum Gasteiger partial charge on any atom is -0.256 e. The molecule has 17 heavy (non-hydrogen) atoms. The van der Waals surface area contributed by atoms with Gasteiger partial charge in [0.05, 0.1) is 5.69 Å². The molecule has 88 valence electrons. The van der Waals surface area contributed by atoms with E-state index in [2.05, 4.69) is 4.98 Å². The summed E-state index contributed by atoms with van der Waals surface area (Å²) in [6.07, 6.45) is 1.32. The smallest absolute Gasteiger partial charge is 0.249 e. The Morgan fingerprint density at radius 3 is 2.47 bits per heavy atom. The number of benzene rings is 1. The molecule has 0 aliphatic carbocycles. The molecule has 1 nitrogen and oxygen atoms in total. The number of aromatic nitrogens is 1. The zero-order chi connectivity index (χ0) is 12.3. The SMILES string of the molecule is CC(F)(F)Cc1ccnc(-c2ccccc2)c1. The third-order valence-electron chi connectivity index (χ3n) is 2.41. The molecule has 0 saturated carbocycles. The maximum absolute atomic E-state index is 12.9. The van der Waals surface area contributed by atoms with Crippen LogP contribution in [0.5, 0.6) is 0 Å². The third-order valence-corrected chi connectivity index (χ3v) is 2.41. The number of nitrogens with zero attached hydrogens (tertiary/aromatic N) is 1. The molecule has 0 saturated heterocycles. The molecular weight excluding hydrogens is 220 g/mol. The van der Waals surface area contributed by atoms with Gasteiger partial charge in [-0.3, -0.25) is 4.98 Å². The highest BCUT2D eigenvalue weighted by Gasteiger charge is 2.21. The Balaban J connectivity index is 2.29. The summed E-state index contributed by atoms with van der Waals surface area (Å²) in [4.78, 5) is 4.19. The van der Waals surface area contributed by atoms with Gasteiger partial charge in [-0.25, -0.2) is 8.78 Å². The Kier molecular flexibility index (Phi) is 3.18. The standard InChI is InChI=1S/C14H13F2N/c1-14(15,16)10-11-7-8-17-13(9-11)12-5-3-2-4-6-12/h2-9H,10H2,1H3. The number of alkyl halides is 2. The zero-order valence-corrected chi connectivity index (χ0v) is 9.53. The quantitative estimate of drug-likeness (QED) is 0.782. The Morgan fingerprint density at radius 2 is 1.82 bits per heavy atom. The predicted octanol–water partition coefficient (Wildman–Crippen LogP) is 3.95. The molecule has 1 aromatic carbocycles. The van der Waals surface area contributed by atoms with Crippen LogP contribution in [0.15, 0.2) is 48.7 Å². The lowest BCUT2D eigenvalue weighted by Crippen LogP contribution is -2.13. The maximum Gasteiger partial charge on any atom is 0.249 e. The third kappa shape index (κ3) is 3.34. The van der Waals surface area contributed by atoms with Crippen LogP contribution in [0.25, 0.3) is 11.3 Å². The number of hydrogen-bond acceptors (Lipinski definition) is 1. The molecule has 0 unspecified atom stereocenters. The van der Waals surface area contributed by atoms with Gasteiger partial charge in [-0.05, 0) is 24.6 Å². The molecule has 0 radical (unpaired) electrons. The molecule has 2 aromatic rings. The van der Waals surface area contributed by atoms with Crippen LogP contribution in [0.4, 0.5) is 8.78 Å². The lowest BCUT2D eigenvalue weighted by atomic mass is 10.1. The molecule has 3 heteroatoms. The number of pyridine rings is 1. The van der Waals surface area contributed by atoms with E-state index in [9.17, 15) is 8.78 Å². The van der Waals surface area contributed by atoms with E-state index in [1.165, 1.54) is 0 Å². The average molecular weight is 233 g/mol. The van der Waals surface area contributed by atoms with Gasteiger partial charge >= 0.3 is 0 Å². The Bertz CT molecular complexity index is 489. The highest BCUT2D eigenvalue weighted by Crippen LogP contribution is 2.22. The van der Waals surface area contributed by atoms with Crippen molar-refractivity contribution in [3.8, 4) is 11.3 Å². The highest BCUT2D eigenvalue weighted by molar-refractivity contribution is 5.59. The second kappa shape index (κ2) is 4.62. The van der Waals surface area contributed by atoms with Gasteiger partial charge in [0.1, 0.15) is 0 Å². The van der Waals surface area contributed by atoms with Gasteiger partial charge in [0.2, 0.25) is 5.92 Å². The molecular formula is C14H13F2N. The summed E-state index contributed by atoms with van der Waals surface area (Å²) in [5, 5.41) is 0. The van der Waals surface area contributed by atoms with Crippen LogP contribution >= 0.6 is 0 Å². The van der Waals surface area contributed by atoms with E-state index >= 15 is 0 Å². The predicted molar refractivity (Wildman–Crippen MR) is 64.0 cm³/mol. The van der Waals surface area contributed by atoms with E-state index in [0.29, 0.717) is 5.56 Å². The molecule has 0 aliphatic rings. The van der Waals surface area contributed by atoms with Crippen molar-refractivity contribution in [2.45, 2.75) is 19.3 Å². The zero-order valence-electron chi connectivity index (χ0n) is 9.53. The van der Waals surface area contributed by atoms with E-state index in [0.717, 1.165) is 18.2 Å². The van der Waals surface area contributed by atoms with Crippen LogP contribution in [0.1, 0.15) is 12.5 Å². The average Bonchev–Trinajstić information content (AvgIpc) is 2.28. The minimum atomic E-state index is -2.69. The fourth-order valence-corrected chi connectivity index (χ4v) is 1.71. The molecule has 0 atom stereocenters. The van der Waals surface area contributed by atoms with Crippen LogP contribution in [-0.2, 0) is 6.42 Å². The van der Waals surface area contributed by atoms with Crippen molar-refractivity contribution >= 4 is 0 Å². The van der Waals surface area contributed by atoms with Crippen LogP contribution < -0.4 is 0 Å². The molecule has 1 heterocycles. The fourth-order valence-electron chi connectivity index (χ4n) is 1.71. The van der Waals surface area contributed by atoms with Crippen molar-refractivity contribution in [2.24, 2.45) is 0 Å². The Morgan fingerprint density at radius 1 is 1.12 bits per heavy atom. The van der Waals surface area contributed by atoms with Gasteiger partial charge < -0.3 is 0 Å². The summed E-state index contributed by atoms with van der Waals surface area (Å²) in [5.41, 5.74) is 2.27. The first-order valence-electron chi connectivity index (χ1n) is 5.43. The van der Waals surface area contributed by atoms with Gasteiger partial charge in [0, 0.05) is 18.2 Å². The minimum absolute atomic E-state index is 0.255. The monoisotopic (exact) mass is 233 g/mol. The molecule has 0 spiro atoms. The van der Waals surface area contributed by atoms with E-state index in [1.54, 1.807) is 18.3 Å². The number of hydrogen-bond donors (Lipinski definition) is 0. The molecule has 0 aliphatic heterocycles. The second-order valence-corrected chi connectivity index (χ2v) is 4.16.